The van der Waals surface area contributed by atoms with E-state index in [0.717, 1.165) is 30.8 Å². The van der Waals surface area contributed by atoms with Gasteiger partial charge in [-0.2, -0.15) is 0 Å². The molecule has 0 unspecified atom stereocenters. The summed E-state index contributed by atoms with van der Waals surface area (Å²) < 4.78 is 15.4. The number of aryl methyl sites for hydroxylation is 1. The van der Waals surface area contributed by atoms with Gasteiger partial charge in [-0.25, -0.2) is 4.39 Å². The van der Waals surface area contributed by atoms with E-state index in [1.165, 1.54) is 35.0 Å². The molecule has 2 atom stereocenters. The van der Waals surface area contributed by atoms with Gasteiger partial charge in [-0.05, 0) is 75.7 Å². The van der Waals surface area contributed by atoms with Crippen LogP contribution in [0, 0.1) is 5.82 Å². The molecule has 0 aliphatic heterocycles. The fourth-order valence-corrected chi connectivity index (χ4v) is 4.75. The third kappa shape index (κ3) is 4.86. The smallest absolute Gasteiger partial charge is 0.230 e. The number of carbonyl (C=O) groups excluding carboxylic acids is 1. The second-order valence-electron chi connectivity index (χ2n) is 8.29. The Balaban J connectivity index is 1.51. The summed E-state index contributed by atoms with van der Waals surface area (Å²) in [4.78, 5) is 14.8. The normalized spacial score (nSPS) is 16.6. The van der Waals surface area contributed by atoms with Crippen LogP contribution in [0.2, 0.25) is 0 Å². The SMILES string of the molecule is C[C@H](c1nnc(SCC(=O)N[C@@H]2CCCc3ccccc32)n1-c1ccc(F)cc1)N(C)C. The number of amides is 1. The van der Waals surface area contributed by atoms with Gasteiger partial charge < -0.3 is 5.32 Å². The van der Waals surface area contributed by atoms with Crippen LogP contribution in [0.4, 0.5) is 4.39 Å². The number of halogens is 1. The minimum absolute atomic E-state index is 0.00512. The van der Waals surface area contributed by atoms with Crippen LogP contribution in [0.1, 0.15) is 48.8 Å². The van der Waals surface area contributed by atoms with E-state index in [2.05, 4.69) is 27.6 Å². The van der Waals surface area contributed by atoms with Crippen LogP contribution in [-0.2, 0) is 11.2 Å². The molecule has 0 fully saturated rings. The van der Waals surface area contributed by atoms with Gasteiger partial charge in [0.2, 0.25) is 5.91 Å². The lowest BCUT2D eigenvalue weighted by molar-refractivity contribution is -0.119. The van der Waals surface area contributed by atoms with E-state index >= 15 is 0 Å². The van der Waals surface area contributed by atoms with E-state index in [4.69, 9.17) is 0 Å². The highest BCUT2D eigenvalue weighted by molar-refractivity contribution is 7.99. The maximum Gasteiger partial charge on any atom is 0.230 e. The number of fused-ring (bicyclic) bond motifs is 1. The van der Waals surface area contributed by atoms with Crippen LogP contribution in [-0.4, -0.2) is 45.4 Å². The molecular formula is C24H28FN5OS. The Labute approximate surface area is 192 Å². The fourth-order valence-electron chi connectivity index (χ4n) is 3.98. The van der Waals surface area contributed by atoms with Crippen molar-refractivity contribution >= 4 is 17.7 Å². The standard InChI is InChI=1S/C24H28FN5OS/c1-16(29(2)3)23-27-28-24(30(23)19-13-11-18(25)12-14-19)32-15-22(31)26-21-10-6-8-17-7-4-5-9-20(17)21/h4-5,7,9,11-14,16,21H,6,8,10,15H2,1-3H3,(H,26,31)/t16-,21-/m1/s1. The van der Waals surface area contributed by atoms with Crippen molar-refractivity contribution in [2.75, 3.05) is 19.8 Å². The highest BCUT2D eigenvalue weighted by Gasteiger charge is 2.24. The molecule has 1 amide bonds. The van der Waals surface area contributed by atoms with Crippen molar-refractivity contribution in [3.63, 3.8) is 0 Å². The van der Waals surface area contributed by atoms with Crippen LogP contribution < -0.4 is 5.32 Å². The van der Waals surface area contributed by atoms with Gasteiger partial charge in [0.15, 0.2) is 11.0 Å². The van der Waals surface area contributed by atoms with E-state index in [-0.39, 0.29) is 29.6 Å². The minimum atomic E-state index is -0.301. The zero-order valence-electron chi connectivity index (χ0n) is 18.6. The monoisotopic (exact) mass is 453 g/mol. The quantitative estimate of drug-likeness (QED) is 0.540. The summed E-state index contributed by atoms with van der Waals surface area (Å²) in [6.07, 6.45) is 3.08. The van der Waals surface area contributed by atoms with Gasteiger partial charge in [0.1, 0.15) is 5.82 Å². The van der Waals surface area contributed by atoms with Crippen LogP contribution in [0.5, 0.6) is 0 Å². The molecule has 0 bridgehead atoms. The zero-order chi connectivity index (χ0) is 22.7. The van der Waals surface area contributed by atoms with Gasteiger partial charge in [0.25, 0.3) is 0 Å². The Hall–Kier alpha value is -2.71. The van der Waals surface area contributed by atoms with E-state index in [1.54, 1.807) is 12.1 Å². The van der Waals surface area contributed by atoms with Crippen molar-refractivity contribution in [3.8, 4) is 5.69 Å². The maximum atomic E-state index is 13.5. The molecular weight excluding hydrogens is 425 g/mol. The second kappa shape index (κ2) is 9.83. The molecule has 0 spiro atoms. The molecule has 6 nitrogen and oxygen atoms in total. The molecule has 32 heavy (non-hydrogen) atoms. The molecule has 2 aromatic carbocycles. The van der Waals surface area contributed by atoms with Gasteiger partial charge in [0, 0.05) is 5.69 Å². The van der Waals surface area contributed by atoms with Gasteiger partial charge >= 0.3 is 0 Å². The molecule has 0 saturated heterocycles. The Morgan fingerprint density at radius 3 is 2.72 bits per heavy atom. The summed E-state index contributed by atoms with van der Waals surface area (Å²) in [7, 11) is 3.94. The molecule has 3 aromatic rings. The summed E-state index contributed by atoms with van der Waals surface area (Å²) in [6, 6.07) is 14.6. The van der Waals surface area contributed by atoms with Gasteiger partial charge in [-0.15, -0.1) is 10.2 Å². The molecule has 0 saturated carbocycles. The highest BCUT2D eigenvalue weighted by Crippen LogP contribution is 2.30. The number of hydrogen-bond donors (Lipinski definition) is 1. The summed E-state index contributed by atoms with van der Waals surface area (Å²) in [5.74, 6) is 0.637. The lowest BCUT2D eigenvalue weighted by Crippen LogP contribution is -2.32. The third-order valence-corrected chi connectivity index (χ3v) is 6.86. The maximum absolute atomic E-state index is 13.5. The van der Waals surface area contributed by atoms with Crippen molar-refractivity contribution < 1.29 is 9.18 Å². The number of aromatic nitrogens is 3. The molecule has 8 heteroatoms. The fraction of sp³-hybridized carbons (Fsp3) is 0.375. The third-order valence-electron chi connectivity index (χ3n) is 5.93. The lowest BCUT2D eigenvalue weighted by atomic mass is 9.88. The minimum Gasteiger partial charge on any atom is -0.349 e. The zero-order valence-corrected chi connectivity index (χ0v) is 19.4. The largest absolute Gasteiger partial charge is 0.349 e. The molecule has 1 N–H and O–H groups in total. The van der Waals surface area contributed by atoms with Gasteiger partial charge in [0.05, 0.1) is 17.8 Å². The van der Waals surface area contributed by atoms with Crippen molar-refractivity contribution in [2.45, 2.75) is 43.4 Å². The summed E-state index contributed by atoms with van der Waals surface area (Å²) >= 11 is 1.34. The predicted molar refractivity (Wildman–Crippen MR) is 124 cm³/mol. The average molecular weight is 454 g/mol. The predicted octanol–water partition coefficient (Wildman–Crippen LogP) is 4.31. The van der Waals surface area contributed by atoms with Crippen molar-refractivity contribution in [3.05, 3.63) is 71.3 Å². The van der Waals surface area contributed by atoms with E-state index in [1.807, 2.05) is 42.6 Å². The first-order chi connectivity index (χ1) is 15.4. The number of nitrogens with one attached hydrogen (secondary N) is 1. The number of rotatable bonds is 7. The number of thioether (sulfide) groups is 1. The molecule has 1 heterocycles. The first-order valence-electron chi connectivity index (χ1n) is 10.8. The number of benzene rings is 2. The molecule has 1 aliphatic carbocycles. The summed E-state index contributed by atoms with van der Waals surface area (Å²) in [5.41, 5.74) is 3.30. The first kappa shape index (κ1) is 22.5. The van der Waals surface area contributed by atoms with E-state index < -0.39 is 0 Å². The van der Waals surface area contributed by atoms with Crippen LogP contribution in [0.15, 0.2) is 53.7 Å². The second-order valence-corrected chi connectivity index (χ2v) is 9.23. The topological polar surface area (TPSA) is 63.1 Å². The average Bonchev–Trinajstić information content (AvgIpc) is 3.21. The molecule has 168 valence electrons. The Bertz CT molecular complexity index is 1080. The van der Waals surface area contributed by atoms with Crippen LogP contribution >= 0.6 is 11.8 Å². The Morgan fingerprint density at radius 2 is 1.97 bits per heavy atom. The Morgan fingerprint density at radius 1 is 1.22 bits per heavy atom. The van der Waals surface area contributed by atoms with Crippen LogP contribution in [0.3, 0.4) is 0 Å². The van der Waals surface area contributed by atoms with Crippen LogP contribution in [0.25, 0.3) is 5.69 Å². The molecule has 1 aliphatic rings. The number of hydrogen-bond acceptors (Lipinski definition) is 5. The summed E-state index contributed by atoms with van der Waals surface area (Å²) in [5, 5.41) is 12.5. The number of carbonyl (C=O) groups is 1. The molecule has 0 radical (unpaired) electrons. The lowest BCUT2D eigenvalue weighted by Gasteiger charge is -2.26. The molecule has 4 rings (SSSR count). The van der Waals surface area contributed by atoms with E-state index in [0.29, 0.717) is 5.16 Å². The number of nitrogens with zero attached hydrogens (tertiary/aromatic N) is 4. The van der Waals surface area contributed by atoms with Gasteiger partial charge in [-0.3, -0.25) is 14.3 Å². The van der Waals surface area contributed by atoms with E-state index in [9.17, 15) is 9.18 Å². The first-order valence-corrected chi connectivity index (χ1v) is 11.8. The van der Waals surface area contributed by atoms with Gasteiger partial charge in [-0.1, -0.05) is 36.0 Å². The highest BCUT2D eigenvalue weighted by atomic mass is 32.2. The van der Waals surface area contributed by atoms with Crippen molar-refractivity contribution in [1.82, 2.24) is 25.0 Å². The van der Waals surface area contributed by atoms with Crippen molar-refractivity contribution in [1.29, 1.82) is 0 Å². The van der Waals surface area contributed by atoms with Crippen molar-refractivity contribution in [2.24, 2.45) is 0 Å². The molecule has 1 aromatic heterocycles. The summed E-state index contributed by atoms with van der Waals surface area (Å²) in [6.45, 7) is 2.03. The Kier molecular flexibility index (Phi) is 6.91.